The van der Waals surface area contributed by atoms with Crippen molar-refractivity contribution in [2.75, 3.05) is 13.1 Å². The van der Waals surface area contributed by atoms with Crippen LogP contribution < -0.4 is 0 Å². The van der Waals surface area contributed by atoms with Gasteiger partial charge in [-0.15, -0.1) is 11.3 Å². The summed E-state index contributed by atoms with van der Waals surface area (Å²) in [5, 5.41) is 10.3. The van der Waals surface area contributed by atoms with Crippen LogP contribution in [-0.2, 0) is 11.2 Å². The first-order valence-electron chi connectivity index (χ1n) is 6.93. The second-order valence-corrected chi connectivity index (χ2v) is 6.68. The second kappa shape index (κ2) is 5.91. The van der Waals surface area contributed by atoms with Crippen molar-refractivity contribution in [1.82, 2.24) is 9.88 Å². The number of carboxylic acids is 1. The molecule has 1 aliphatic heterocycles. The fourth-order valence-electron chi connectivity index (χ4n) is 2.48. The van der Waals surface area contributed by atoms with Crippen molar-refractivity contribution in [3.05, 3.63) is 16.1 Å². The molecule has 0 saturated carbocycles. The molecule has 1 fully saturated rings. The Labute approximate surface area is 122 Å². The maximum atomic E-state index is 12.4. The number of hydrogen-bond donors (Lipinski definition) is 1. The van der Waals surface area contributed by atoms with E-state index in [9.17, 15) is 14.7 Å². The molecule has 1 saturated heterocycles. The van der Waals surface area contributed by atoms with Crippen molar-refractivity contribution >= 4 is 23.2 Å². The quantitative estimate of drug-likeness (QED) is 0.926. The second-order valence-electron chi connectivity index (χ2n) is 5.56. The summed E-state index contributed by atoms with van der Waals surface area (Å²) in [5.74, 6) is -0.914. The fraction of sp³-hybridized carbons (Fsp3) is 0.643. The van der Waals surface area contributed by atoms with E-state index in [2.05, 4.69) is 11.9 Å². The highest BCUT2D eigenvalue weighted by atomic mass is 32.1. The van der Waals surface area contributed by atoms with Crippen LogP contribution in [0.2, 0.25) is 0 Å². The van der Waals surface area contributed by atoms with Crippen molar-refractivity contribution < 1.29 is 14.7 Å². The summed E-state index contributed by atoms with van der Waals surface area (Å²) in [6.07, 6.45) is 4.85. The van der Waals surface area contributed by atoms with Gasteiger partial charge in [-0.3, -0.25) is 9.59 Å². The Morgan fingerprint density at radius 1 is 1.55 bits per heavy atom. The number of aromatic nitrogens is 1. The molecule has 2 rings (SSSR count). The lowest BCUT2D eigenvalue weighted by Crippen LogP contribution is -2.48. The number of likely N-dealkylation sites (tertiary alicyclic amines) is 1. The highest BCUT2D eigenvalue weighted by Gasteiger charge is 2.39. The van der Waals surface area contributed by atoms with Crippen LogP contribution in [-0.4, -0.2) is 40.0 Å². The summed E-state index contributed by atoms with van der Waals surface area (Å²) < 4.78 is 0. The van der Waals surface area contributed by atoms with Crippen molar-refractivity contribution in [3.8, 4) is 0 Å². The average Bonchev–Trinajstić information content (AvgIpc) is 2.87. The van der Waals surface area contributed by atoms with Gasteiger partial charge in [0.05, 0.1) is 16.6 Å². The Hall–Kier alpha value is -1.43. The van der Waals surface area contributed by atoms with Crippen LogP contribution >= 0.6 is 11.3 Å². The minimum Gasteiger partial charge on any atom is -0.481 e. The highest BCUT2D eigenvalue weighted by molar-refractivity contribution is 7.13. The number of aliphatic carboxylic acids is 1. The van der Waals surface area contributed by atoms with Gasteiger partial charge in [-0.05, 0) is 32.6 Å². The number of carbonyl (C=O) groups is 2. The normalized spacial score (nSPS) is 22.8. The van der Waals surface area contributed by atoms with Crippen molar-refractivity contribution in [2.45, 2.75) is 39.5 Å². The summed E-state index contributed by atoms with van der Waals surface area (Å²) in [7, 11) is 0. The highest BCUT2D eigenvalue weighted by Crippen LogP contribution is 2.31. The minimum absolute atomic E-state index is 0.0861. The van der Waals surface area contributed by atoms with Gasteiger partial charge in [-0.25, -0.2) is 4.98 Å². The molecule has 6 heteroatoms. The number of nitrogens with zero attached hydrogens (tertiary/aromatic N) is 2. The smallest absolute Gasteiger partial charge is 0.311 e. The molecule has 110 valence electrons. The van der Waals surface area contributed by atoms with E-state index in [4.69, 9.17) is 0 Å². The summed E-state index contributed by atoms with van der Waals surface area (Å²) in [4.78, 5) is 30.3. The van der Waals surface area contributed by atoms with E-state index in [1.54, 1.807) is 18.0 Å². The molecule has 0 aliphatic carbocycles. The van der Waals surface area contributed by atoms with Gasteiger partial charge >= 0.3 is 5.97 Å². The minimum atomic E-state index is -0.829. The molecule has 1 unspecified atom stereocenters. The van der Waals surface area contributed by atoms with Gasteiger partial charge in [0.1, 0.15) is 4.88 Å². The molecular formula is C14H20N2O3S. The summed E-state index contributed by atoms with van der Waals surface area (Å²) in [6, 6.07) is 0. The zero-order valence-electron chi connectivity index (χ0n) is 11.9. The standard InChI is InChI=1S/C14H20N2O3S/c1-3-5-11-15-8-10(20-11)12(17)16-7-4-6-14(2,9-16)13(18)19/h8H,3-7,9H2,1-2H3,(H,18,19). The third kappa shape index (κ3) is 3.00. The summed E-state index contributed by atoms with van der Waals surface area (Å²) in [5.41, 5.74) is -0.829. The lowest BCUT2D eigenvalue weighted by molar-refractivity contribution is -0.150. The molecule has 1 aromatic rings. The van der Waals surface area contributed by atoms with Crippen molar-refractivity contribution in [1.29, 1.82) is 0 Å². The largest absolute Gasteiger partial charge is 0.481 e. The van der Waals surface area contributed by atoms with Gasteiger partial charge in [0.25, 0.3) is 5.91 Å². The average molecular weight is 296 g/mol. The maximum absolute atomic E-state index is 12.4. The molecule has 0 bridgehead atoms. The van der Waals surface area contributed by atoms with Gasteiger partial charge in [-0.2, -0.15) is 0 Å². The molecule has 20 heavy (non-hydrogen) atoms. The first kappa shape index (κ1) is 15.0. The molecule has 0 aromatic carbocycles. The van der Waals surface area contributed by atoms with Gasteiger partial charge in [0.15, 0.2) is 0 Å². The van der Waals surface area contributed by atoms with Crippen molar-refractivity contribution in [3.63, 3.8) is 0 Å². The number of piperidine rings is 1. The third-order valence-electron chi connectivity index (χ3n) is 3.73. The monoisotopic (exact) mass is 296 g/mol. The van der Waals surface area contributed by atoms with Crippen LogP contribution in [0.1, 0.15) is 47.8 Å². The number of hydrogen-bond acceptors (Lipinski definition) is 4. The summed E-state index contributed by atoms with van der Waals surface area (Å²) >= 11 is 1.42. The number of carboxylic acid groups (broad SMARTS) is 1. The zero-order valence-corrected chi connectivity index (χ0v) is 12.7. The van der Waals surface area contributed by atoms with E-state index >= 15 is 0 Å². The van der Waals surface area contributed by atoms with E-state index in [-0.39, 0.29) is 12.5 Å². The fourth-order valence-corrected chi connectivity index (χ4v) is 3.47. The first-order chi connectivity index (χ1) is 9.46. The SMILES string of the molecule is CCCc1ncc(C(=O)N2CCCC(C)(C(=O)O)C2)s1. The van der Waals surface area contributed by atoms with E-state index < -0.39 is 11.4 Å². The number of rotatable bonds is 4. The topological polar surface area (TPSA) is 70.5 Å². The summed E-state index contributed by atoms with van der Waals surface area (Å²) in [6.45, 7) is 4.70. The Kier molecular flexibility index (Phi) is 4.42. The molecule has 2 heterocycles. The first-order valence-corrected chi connectivity index (χ1v) is 7.75. The predicted molar refractivity (Wildman–Crippen MR) is 77.0 cm³/mol. The van der Waals surface area contributed by atoms with Gasteiger partial charge < -0.3 is 10.0 Å². The molecule has 0 radical (unpaired) electrons. The number of amides is 1. The van der Waals surface area contributed by atoms with Crippen LogP contribution in [0.15, 0.2) is 6.20 Å². The van der Waals surface area contributed by atoms with Crippen LogP contribution in [0.4, 0.5) is 0 Å². The van der Waals surface area contributed by atoms with Crippen LogP contribution in [0.3, 0.4) is 0 Å². The van der Waals surface area contributed by atoms with E-state index in [1.807, 2.05) is 0 Å². The Morgan fingerprint density at radius 2 is 2.30 bits per heavy atom. The molecule has 0 spiro atoms. The third-order valence-corrected chi connectivity index (χ3v) is 4.77. The molecule has 1 amide bonds. The zero-order chi connectivity index (χ0) is 14.8. The number of carbonyl (C=O) groups excluding carboxylic acids is 1. The van der Waals surface area contributed by atoms with Gasteiger partial charge in [-0.1, -0.05) is 6.92 Å². The number of thiazole rings is 1. The lowest BCUT2D eigenvalue weighted by atomic mass is 9.82. The Bertz CT molecular complexity index is 514. The molecule has 1 aliphatic rings. The van der Waals surface area contributed by atoms with Gasteiger partial charge in [0, 0.05) is 13.1 Å². The molecule has 5 nitrogen and oxygen atoms in total. The van der Waals surface area contributed by atoms with Crippen LogP contribution in [0.5, 0.6) is 0 Å². The van der Waals surface area contributed by atoms with E-state index in [0.717, 1.165) is 24.3 Å². The predicted octanol–water partition coefficient (Wildman–Crippen LogP) is 2.42. The lowest BCUT2D eigenvalue weighted by Gasteiger charge is -2.37. The van der Waals surface area contributed by atoms with Crippen LogP contribution in [0.25, 0.3) is 0 Å². The Balaban J connectivity index is 2.10. The Morgan fingerprint density at radius 3 is 2.95 bits per heavy atom. The maximum Gasteiger partial charge on any atom is 0.311 e. The van der Waals surface area contributed by atoms with Crippen LogP contribution in [0, 0.1) is 5.41 Å². The molecule has 1 atom stereocenters. The van der Waals surface area contributed by atoms with E-state index in [0.29, 0.717) is 17.8 Å². The number of aryl methyl sites for hydroxylation is 1. The van der Waals surface area contributed by atoms with Gasteiger partial charge in [0.2, 0.25) is 0 Å². The van der Waals surface area contributed by atoms with Crippen molar-refractivity contribution in [2.24, 2.45) is 5.41 Å². The molecule has 1 N–H and O–H groups in total. The molecular weight excluding hydrogens is 276 g/mol. The molecule has 1 aromatic heterocycles. The van der Waals surface area contributed by atoms with E-state index in [1.165, 1.54) is 11.3 Å².